The Labute approximate surface area is 378 Å². The summed E-state index contributed by atoms with van der Waals surface area (Å²) < 4.78 is 71.2. The van der Waals surface area contributed by atoms with Gasteiger partial charge >= 0.3 is 5.97 Å². The average molecular weight is 921 g/mol. The van der Waals surface area contributed by atoms with E-state index in [9.17, 15) is 33.9 Å². The fraction of sp³-hybridized carbons (Fsp3) is 0.826. The van der Waals surface area contributed by atoms with E-state index < -0.39 is 96.9 Å². The number of aliphatic hydroxyl groups is 1. The molecule has 4 heterocycles. The lowest BCUT2D eigenvalue weighted by Crippen LogP contribution is -2.63. The quantitative estimate of drug-likeness (QED) is 0.0955. The van der Waals surface area contributed by atoms with Crippen LogP contribution in [0.15, 0.2) is 11.6 Å². The molecule has 21 atom stereocenters. The van der Waals surface area contributed by atoms with Crippen LogP contribution in [-0.4, -0.2) is 142 Å². The monoisotopic (exact) mass is 920 g/mol. The molecule has 0 radical (unpaired) electrons. The van der Waals surface area contributed by atoms with Crippen molar-refractivity contribution in [2.75, 3.05) is 6.61 Å². The summed E-state index contributed by atoms with van der Waals surface area (Å²) in [4.78, 5) is 70.8. The molecule has 65 heavy (non-hydrogen) atoms. The lowest BCUT2D eigenvalue weighted by atomic mass is 9.43. The molecular weight excluding hydrogens is 856 g/mol. The summed E-state index contributed by atoms with van der Waals surface area (Å²) in [6, 6.07) is 0. The largest absolute Gasteiger partial charge is 0.464 e. The van der Waals surface area contributed by atoms with Crippen LogP contribution in [0.2, 0.25) is 0 Å². The van der Waals surface area contributed by atoms with Gasteiger partial charge in [0.1, 0.15) is 42.7 Å². The second-order valence-electron chi connectivity index (χ2n) is 19.9. The Balaban J connectivity index is 0.889. The van der Waals surface area contributed by atoms with Gasteiger partial charge in [-0.1, -0.05) is 13.8 Å². The van der Waals surface area contributed by atoms with Crippen LogP contribution in [0.1, 0.15) is 105 Å². The van der Waals surface area contributed by atoms with Crippen molar-refractivity contribution in [2.45, 2.75) is 197 Å². The molecule has 0 amide bonds. The number of esters is 1. The summed E-state index contributed by atoms with van der Waals surface area (Å²) in [7, 11) is 0. The summed E-state index contributed by atoms with van der Waals surface area (Å²) >= 11 is 0. The molecule has 19 nitrogen and oxygen atoms in total. The molecule has 8 aliphatic rings. The first-order valence-corrected chi connectivity index (χ1v) is 23.2. The second-order valence-corrected chi connectivity index (χ2v) is 19.9. The molecule has 0 spiro atoms. The number of carbonyl (C=O) groups excluding carboxylic acids is 6. The van der Waals surface area contributed by atoms with E-state index in [0.717, 1.165) is 50.5 Å². The fourth-order valence-corrected chi connectivity index (χ4v) is 14.0. The predicted octanol–water partition coefficient (Wildman–Crippen LogP) is 3.12. The normalized spacial score (nSPS) is 48.2. The number of ether oxygens (including phenoxy) is 12. The number of carbonyl (C=O) groups is 6. The first kappa shape index (κ1) is 47.8. The van der Waals surface area contributed by atoms with Crippen molar-refractivity contribution in [1.29, 1.82) is 0 Å². The van der Waals surface area contributed by atoms with Crippen molar-refractivity contribution in [2.24, 2.45) is 34.5 Å². The average Bonchev–Trinajstić information content (AvgIpc) is 3.79. The standard InChI is InChI=1S/C46H64O19/c1-24-41(58-22-50)32(52)14-37(60-24)64-42-26(3)62-39(16-34(42)56-20-48)65-43-25(2)61-38(15-33(43)55-19-47)63-29-8-10-44(4)28(13-29)6-7-31-30(44)9-11-45(5)40(27-12-36(53)54-18-27)35(57-21-49)17-46(31,45)59-23-51/h12,19-26,28-35,37-43,52H,6-11,13-18H2,1-5H3. The van der Waals surface area contributed by atoms with E-state index in [-0.39, 0.29) is 61.6 Å². The molecule has 4 aliphatic heterocycles. The van der Waals surface area contributed by atoms with Gasteiger partial charge in [-0.25, -0.2) is 4.79 Å². The Morgan fingerprint density at radius 3 is 1.80 bits per heavy atom. The van der Waals surface area contributed by atoms with Crippen molar-refractivity contribution in [3.05, 3.63) is 11.6 Å². The van der Waals surface area contributed by atoms with E-state index in [1.807, 2.05) is 6.92 Å². The summed E-state index contributed by atoms with van der Waals surface area (Å²) in [5, 5.41) is 10.6. The van der Waals surface area contributed by atoms with Gasteiger partial charge in [0.2, 0.25) is 0 Å². The van der Waals surface area contributed by atoms with Gasteiger partial charge in [0.05, 0.1) is 30.5 Å². The summed E-state index contributed by atoms with van der Waals surface area (Å²) in [5.74, 6) is -0.186. The minimum Gasteiger partial charge on any atom is -0.464 e. The van der Waals surface area contributed by atoms with Crippen molar-refractivity contribution in [1.82, 2.24) is 0 Å². The number of aliphatic hydroxyl groups excluding tert-OH is 1. The van der Waals surface area contributed by atoms with Crippen molar-refractivity contribution >= 4 is 38.3 Å². The van der Waals surface area contributed by atoms with Crippen molar-refractivity contribution in [3.8, 4) is 0 Å². The van der Waals surface area contributed by atoms with E-state index >= 15 is 0 Å². The number of hydrogen-bond acceptors (Lipinski definition) is 19. The zero-order valence-corrected chi connectivity index (χ0v) is 37.6. The number of rotatable bonds is 17. The number of hydrogen-bond donors (Lipinski definition) is 1. The van der Waals surface area contributed by atoms with E-state index in [0.29, 0.717) is 38.2 Å². The maximum Gasteiger partial charge on any atom is 0.331 e. The maximum atomic E-state index is 12.4. The van der Waals surface area contributed by atoms with E-state index in [2.05, 4.69) is 13.8 Å². The zero-order valence-electron chi connectivity index (χ0n) is 37.6. The highest BCUT2D eigenvalue weighted by Gasteiger charge is 2.73. The minimum absolute atomic E-state index is 0.00676. The highest BCUT2D eigenvalue weighted by atomic mass is 16.7. The Morgan fingerprint density at radius 2 is 1.23 bits per heavy atom. The number of fused-ring (bicyclic) bond motifs is 5. The van der Waals surface area contributed by atoms with Gasteiger partial charge in [0.15, 0.2) is 25.0 Å². The third-order valence-corrected chi connectivity index (χ3v) is 16.8. The van der Waals surface area contributed by atoms with Gasteiger partial charge in [-0.05, 0) is 88.5 Å². The Morgan fingerprint density at radius 1 is 0.646 bits per heavy atom. The Kier molecular flexibility index (Phi) is 14.3. The molecule has 3 saturated heterocycles. The topological polar surface area (TPSA) is 233 Å². The minimum atomic E-state index is -1.04. The van der Waals surface area contributed by atoms with Crippen LogP contribution in [0, 0.1) is 34.5 Å². The van der Waals surface area contributed by atoms with Crippen LogP contribution < -0.4 is 0 Å². The first-order valence-electron chi connectivity index (χ1n) is 23.2. The second kappa shape index (κ2) is 19.5. The molecule has 7 fully saturated rings. The SMILES string of the molecule is CC1OC(OC2C(C)OC(OC3C(C)OC(OC4CCC5(C)C(CCC6C5CCC5(C)C(C7=CC(=O)OC7)C(OC=O)CC65OC=O)C4)CC3OC=O)CC2OC=O)CC(O)C1OC=O. The van der Waals surface area contributed by atoms with E-state index in [4.69, 9.17) is 56.8 Å². The van der Waals surface area contributed by atoms with Crippen LogP contribution in [0.25, 0.3) is 0 Å². The zero-order chi connectivity index (χ0) is 46.3. The summed E-state index contributed by atoms with van der Waals surface area (Å²) in [6.45, 7) is 11.8. The molecule has 0 aromatic heterocycles. The van der Waals surface area contributed by atoms with E-state index in [1.54, 1.807) is 13.8 Å². The summed E-state index contributed by atoms with van der Waals surface area (Å²) in [5.41, 5.74) is -0.786. The van der Waals surface area contributed by atoms with Crippen LogP contribution in [0.4, 0.5) is 0 Å². The molecule has 0 aromatic rings. The first-order chi connectivity index (χ1) is 31.2. The Hall–Kier alpha value is -3.72. The van der Waals surface area contributed by atoms with Gasteiger partial charge in [-0.2, -0.15) is 0 Å². The highest BCUT2D eigenvalue weighted by molar-refractivity contribution is 5.85. The van der Waals surface area contributed by atoms with Crippen molar-refractivity contribution in [3.63, 3.8) is 0 Å². The smallest absolute Gasteiger partial charge is 0.331 e. The van der Waals surface area contributed by atoms with Crippen LogP contribution in [0.3, 0.4) is 0 Å². The molecule has 362 valence electrons. The molecule has 21 unspecified atom stereocenters. The third kappa shape index (κ3) is 8.83. The molecular formula is C46H64O19. The maximum absolute atomic E-state index is 12.4. The third-order valence-electron chi connectivity index (χ3n) is 16.8. The number of cyclic esters (lactones) is 1. The fourth-order valence-electron chi connectivity index (χ4n) is 14.0. The van der Waals surface area contributed by atoms with E-state index in [1.165, 1.54) is 6.08 Å². The summed E-state index contributed by atoms with van der Waals surface area (Å²) in [6.07, 6.45) is -2.26. The molecule has 0 aromatic carbocycles. The lowest BCUT2D eigenvalue weighted by molar-refractivity contribution is -0.336. The molecule has 8 rings (SSSR count). The molecule has 4 aliphatic carbocycles. The van der Waals surface area contributed by atoms with Gasteiger partial charge in [0.25, 0.3) is 32.4 Å². The van der Waals surface area contributed by atoms with Crippen molar-refractivity contribution < 1.29 is 90.7 Å². The molecule has 19 heteroatoms. The lowest BCUT2D eigenvalue weighted by Gasteiger charge is -2.64. The Bertz CT molecular complexity index is 1770. The van der Waals surface area contributed by atoms with Gasteiger partial charge in [0, 0.05) is 49.0 Å². The van der Waals surface area contributed by atoms with Crippen LogP contribution in [0.5, 0.6) is 0 Å². The predicted molar refractivity (Wildman–Crippen MR) is 217 cm³/mol. The van der Waals surface area contributed by atoms with Gasteiger partial charge in [-0.3, -0.25) is 24.0 Å². The van der Waals surface area contributed by atoms with Crippen LogP contribution in [-0.2, 0) is 85.6 Å². The molecule has 1 N–H and O–H groups in total. The highest BCUT2D eigenvalue weighted by Crippen LogP contribution is 2.71. The van der Waals surface area contributed by atoms with Crippen LogP contribution >= 0.6 is 0 Å². The van der Waals surface area contributed by atoms with Gasteiger partial charge in [-0.15, -0.1) is 0 Å². The molecule has 4 saturated carbocycles. The molecule has 0 bridgehead atoms. The van der Waals surface area contributed by atoms with Gasteiger partial charge < -0.3 is 61.9 Å².